The maximum atomic E-state index is 12.8. The van der Waals surface area contributed by atoms with Crippen LogP contribution in [0.25, 0.3) is 0 Å². The summed E-state index contributed by atoms with van der Waals surface area (Å²) in [4.78, 5) is 38.0. The average molecular weight is 969 g/mol. The predicted octanol–water partition coefficient (Wildman–Crippen LogP) is 18.1. The molecule has 0 aromatic rings. The molecule has 71 heavy (non-hydrogen) atoms. The first-order valence-corrected chi connectivity index (χ1v) is 26.7. The fraction of sp³-hybridized carbons (Fsp3) is 0.431. The first kappa shape index (κ1) is 65.0. The number of rotatable bonds is 44. The van der Waals surface area contributed by atoms with Crippen LogP contribution in [-0.2, 0) is 28.6 Å². The van der Waals surface area contributed by atoms with E-state index in [2.05, 4.69) is 154 Å². The van der Waals surface area contributed by atoms with Crippen LogP contribution in [0.1, 0.15) is 162 Å². The summed E-state index contributed by atoms with van der Waals surface area (Å²) in [6.07, 6.45) is 88.3. The molecular weight excluding hydrogens is 877 g/mol. The van der Waals surface area contributed by atoms with Crippen molar-refractivity contribution >= 4 is 17.9 Å². The molecule has 388 valence electrons. The lowest BCUT2D eigenvalue weighted by Gasteiger charge is -2.18. The van der Waals surface area contributed by atoms with Crippen LogP contribution in [0.2, 0.25) is 0 Å². The van der Waals surface area contributed by atoms with Gasteiger partial charge in [-0.25, -0.2) is 0 Å². The van der Waals surface area contributed by atoms with Crippen molar-refractivity contribution in [3.05, 3.63) is 207 Å². The lowest BCUT2D eigenvalue weighted by Crippen LogP contribution is -2.30. The fourth-order valence-corrected chi connectivity index (χ4v) is 6.04. The highest BCUT2D eigenvalue weighted by molar-refractivity contribution is 5.71. The smallest absolute Gasteiger partial charge is 0.306 e. The fourth-order valence-electron chi connectivity index (χ4n) is 6.04. The van der Waals surface area contributed by atoms with E-state index in [-0.39, 0.29) is 38.4 Å². The Balaban J connectivity index is 4.75. The van der Waals surface area contributed by atoms with Gasteiger partial charge in [0.1, 0.15) is 13.2 Å². The minimum absolute atomic E-state index is 0.165. The summed E-state index contributed by atoms with van der Waals surface area (Å²) < 4.78 is 16.6. The van der Waals surface area contributed by atoms with E-state index in [1.54, 1.807) is 0 Å². The van der Waals surface area contributed by atoms with Gasteiger partial charge in [-0.1, -0.05) is 234 Å². The molecule has 0 aromatic heterocycles. The van der Waals surface area contributed by atoms with Crippen LogP contribution in [0, 0.1) is 0 Å². The maximum absolute atomic E-state index is 12.8. The SMILES string of the molecule is CC\C=C/C=C\C=C/C=C\C=C/CCCCCC(=O)OCC(COC(=O)CC/C=C\C/C=C\C/C=C\C/C=C\C/C=C\C/C=C\CC)OC(=O)CC/C=C\C/C=C\C/C=C\C/C=C\C/C=C\C/C=C\CC. The summed E-state index contributed by atoms with van der Waals surface area (Å²) in [5.41, 5.74) is 0. The van der Waals surface area contributed by atoms with E-state index in [1.165, 1.54) is 0 Å². The number of esters is 3. The lowest BCUT2D eigenvalue weighted by atomic mass is 10.1. The van der Waals surface area contributed by atoms with Gasteiger partial charge in [0.2, 0.25) is 0 Å². The van der Waals surface area contributed by atoms with Crippen LogP contribution >= 0.6 is 0 Å². The molecule has 0 amide bonds. The molecule has 0 aliphatic carbocycles. The number of carbonyl (C=O) groups excluding carboxylic acids is 3. The Kier molecular flexibility index (Phi) is 51.8. The van der Waals surface area contributed by atoms with Gasteiger partial charge in [0.25, 0.3) is 0 Å². The van der Waals surface area contributed by atoms with Crippen LogP contribution in [0.4, 0.5) is 0 Å². The van der Waals surface area contributed by atoms with Crippen molar-refractivity contribution in [3.63, 3.8) is 0 Å². The van der Waals surface area contributed by atoms with Gasteiger partial charge in [-0.2, -0.15) is 0 Å². The first-order chi connectivity index (χ1) is 35.0. The monoisotopic (exact) mass is 969 g/mol. The second-order valence-corrected chi connectivity index (χ2v) is 16.4. The number of carbonyl (C=O) groups is 3. The zero-order valence-electron chi connectivity index (χ0n) is 44.1. The second kappa shape index (κ2) is 56.6. The maximum Gasteiger partial charge on any atom is 0.306 e. The number of hydrogen-bond acceptors (Lipinski definition) is 6. The summed E-state index contributed by atoms with van der Waals surface area (Å²) >= 11 is 0. The lowest BCUT2D eigenvalue weighted by molar-refractivity contribution is -0.166. The van der Waals surface area contributed by atoms with Crippen molar-refractivity contribution in [3.8, 4) is 0 Å². The van der Waals surface area contributed by atoms with Crippen LogP contribution in [0.5, 0.6) is 0 Å². The Morgan fingerprint density at radius 2 is 0.606 bits per heavy atom. The van der Waals surface area contributed by atoms with Gasteiger partial charge in [0.15, 0.2) is 6.10 Å². The summed E-state index contributed by atoms with van der Waals surface area (Å²) in [6.45, 7) is 6.06. The molecule has 1 unspecified atom stereocenters. The van der Waals surface area contributed by atoms with Crippen molar-refractivity contribution < 1.29 is 28.6 Å². The molecule has 0 aromatic carbocycles. The highest BCUT2D eigenvalue weighted by Crippen LogP contribution is 2.09. The Labute approximate surface area is 432 Å². The third-order valence-corrected chi connectivity index (χ3v) is 9.92. The van der Waals surface area contributed by atoms with Crippen LogP contribution in [0.3, 0.4) is 0 Å². The highest BCUT2D eigenvalue weighted by Gasteiger charge is 2.19. The van der Waals surface area contributed by atoms with Crippen LogP contribution in [-0.4, -0.2) is 37.2 Å². The zero-order valence-corrected chi connectivity index (χ0v) is 44.1. The molecule has 0 fully saturated rings. The molecule has 1 atom stereocenters. The van der Waals surface area contributed by atoms with E-state index >= 15 is 0 Å². The molecule has 6 nitrogen and oxygen atoms in total. The predicted molar refractivity (Wildman–Crippen MR) is 306 cm³/mol. The third kappa shape index (κ3) is 54.8. The van der Waals surface area contributed by atoms with E-state index < -0.39 is 18.0 Å². The topological polar surface area (TPSA) is 78.9 Å². The molecule has 0 saturated heterocycles. The molecule has 0 rings (SSSR count). The molecule has 0 spiro atoms. The van der Waals surface area contributed by atoms with E-state index in [9.17, 15) is 14.4 Å². The molecule has 0 radical (unpaired) electrons. The van der Waals surface area contributed by atoms with Crippen molar-refractivity contribution in [2.75, 3.05) is 13.2 Å². The average Bonchev–Trinajstić information content (AvgIpc) is 3.37. The van der Waals surface area contributed by atoms with Crippen molar-refractivity contribution in [1.82, 2.24) is 0 Å². The molecule has 0 saturated carbocycles. The summed E-state index contributed by atoms with van der Waals surface area (Å²) in [5.74, 6) is -1.20. The quantitative estimate of drug-likeness (QED) is 0.0199. The second-order valence-electron chi connectivity index (χ2n) is 16.4. The summed E-state index contributed by atoms with van der Waals surface area (Å²) in [6, 6.07) is 0. The van der Waals surface area contributed by atoms with E-state index in [4.69, 9.17) is 14.2 Å². The molecule has 0 aliphatic rings. The number of hydrogen-bond donors (Lipinski definition) is 0. The molecule has 0 heterocycles. The third-order valence-electron chi connectivity index (χ3n) is 9.92. The van der Waals surface area contributed by atoms with Gasteiger partial charge >= 0.3 is 17.9 Å². The van der Waals surface area contributed by atoms with Crippen molar-refractivity contribution in [1.29, 1.82) is 0 Å². The standard InChI is InChI=1S/C65H92O6/c1-4-7-10-13-16-19-22-25-28-30-32-34-37-40-43-46-49-52-55-58-64(67)70-61-62(60-69-63(66)57-54-51-48-45-42-39-36-27-24-21-18-15-12-9-6-3)71-65(68)59-56-53-50-47-44-41-38-35-33-31-29-26-23-20-17-14-11-8-5-2/h7-12,15-21,24-29,32-36,39-44,49-50,52-53,62H,4-6,13-14,22-23,30-31,37-38,45-48,51,54-61H2,1-3H3/b10-7-,11-8-,12-9-,18-15-,19-16-,20-17-,24-21-,28-25-,29-26-,34-32-,35-33-,36-27-,42-39-,43-40-,44-41-,52-49-,53-50-. The zero-order chi connectivity index (χ0) is 51.4. The Morgan fingerprint density at radius 3 is 0.986 bits per heavy atom. The van der Waals surface area contributed by atoms with Crippen LogP contribution in [0.15, 0.2) is 207 Å². The number of unbranched alkanes of at least 4 members (excludes halogenated alkanes) is 3. The Bertz CT molecular complexity index is 1830. The largest absolute Gasteiger partial charge is 0.462 e. The first-order valence-electron chi connectivity index (χ1n) is 26.7. The minimum Gasteiger partial charge on any atom is -0.462 e. The number of allylic oxidation sites excluding steroid dienone is 34. The van der Waals surface area contributed by atoms with Gasteiger partial charge in [-0.15, -0.1) is 0 Å². The van der Waals surface area contributed by atoms with Crippen LogP contribution < -0.4 is 0 Å². The van der Waals surface area contributed by atoms with Gasteiger partial charge in [-0.3, -0.25) is 14.4 Å². The van der Waals surface area contributed by atoms with E-state index in [1.807, 2.05) is 72.9 Å². The summed E-state index contributed by atoms with van der Waals surface area (Å²) in [5, 5.41) is 0. The minimum atomic E-state index is -0.881. The van der Waals surface area contributed by atoms with E-state index in [0.29, 0.717) is 19.3 Å². The Morgan fingerprint density at radius 1 is 0.296 bits per heavy atom. The molecule has 0 aliphatic heterocycles. The number of ether oxygens (including phenoxy) is 3. The Hall–Kier alpha value is -6.01. The van der Waals surface area contributed by atoms with Gasteiger partial charge in [-0.05, 0) is 116 Å². The molecule has 0 N–H and O–H groups in total. The summed E-state index contributed by atoms with van der Waals surface area (Å²) in [7, 11) is 0. The van der Waals surface area contributed by atoms with Crippen molar-refractivity contribution in [2.45, 2.75) is 168 Å². The normalized spacial score (nSPS) is 13.8. The molecular formula is C65H92O6. The van der Waals surface area contributed by atoms with Gasteiger partial charge in [0, 0.05) is 19.3 Å². The van der Waals surface area contributed by atoms with Gasteiger partial charge < -0.3 is 14.2 Å². The van der Waals surface area contributed by atoms with Crippen molar-refractivity contribution in [2.24, 2.45) is 0 Å². The molecule has 6 heteroatoms. The highest BCUT2D eigenvalue weighted by atomic mass is 16.6. The van der Waals surface area contributed by atoms with E-state index in [0.717, 1.165) is 103 Å². The molecule has 0 bridgehead atoms. The van der Waals surface area contributed by atoms with Gasteiger partial charge in [0.05, 0.1) is 0 Å².